The Morgan fingerprint density at radius 1 is 1.27 bits per heavy atom. The highest BCUT2D eigenvalue weighted by Gasteiger charge is 2.19. The maximum absolute atomic E-state index is 5.79. The highest BCUT2D eigenvalue weighted by molar-refractivity contribution is 4.87. The number of rotatable bonds is 10. The Bertz CT molecular complexity index is 157. The van der Waals surface area contributed by atoms with Crippen LogP contribution < -0.4 is 11.1 Å². The van der Waals surface area contributed by atoms with Crippen LogP contribution in [-0.4, -0.2) is 18.6 Å². The third-order valence-corrected chi connectivity index (χ3v) is 2.96. The van der Waals surface area contributed by atoms with Crippen molar-refractivity contribution in [2.24, 2.45) is 5.73 Å². The molecule has 0 saturated carbocycles. The lowest BCUT2D eigenvalue weighted by Gasteiger charge is -2.29. The van der Waals surface area contributed by atoms with E-state index in [1.807, 2.05) is 6.08 Å². The van der Waals surface area contributed by atoms with Crippen molar-refractivity contribution in [3.05, 3.63) is 12.7 Å². The van der Waals surface area contributed by atoms with Gasteiger partial charge < -0.3 is 11.1 Å². The van der Waals surface area contributed by atoms with E-state index in [1.54, 1.807) is 0 Å². The summed E-state index contributed by atoms with van der Waals surface area (Å²) in [7, 11) is 0. The fourth-order valence-corrected chi connectivity index (χ4v) is 1.70. The third-order valence-electron chi connectivity index (χ3n) is 2.96. The molecule has 2 heteroatoms. The summed E-state index contributed by atoms with van der Waals surface area (Å²) in [6, 6.07) is 0. The van der Waals surface area contributed by atoms with Crippen LogP contribution in [0.4, 0.5) is 0 Å². The van der Waals surface area contributed by atoms with Crippen LogP contribution in [0.2, 0.25) is 0 Å². The number of hydrogen-bond donors (Lipinski definition) is 2. The number of nitrogens with one attached hydrogen (secondary N) is 1. The van der Waals surface area contributed by atoms with Crippen LogP contribution in [0.15, 0.2) is 12.7 Å². The minimum Gasteiger partial charge on any atom is -0.329 e. The molecule has 0 bridgehead atoms. The lowest BCUT2D eigenvalue weighted by Crippen LogP contribution is -2.48. The van der Waals surface area contributed by atoms with E-state index in [2.05, 4.69) is 25.7 Å². The molecule has 0 spiro atoms. The monoisotopic (exact) mass is 212 g/mol. The van der Waals surface area contributed by atoms with E-state index in [0.29, 0.717) is 6.54 Å². The molecule has 0 aromatic carbocycles. The van der Waals surface area contributed by atoms with Crippen LogP contribution in [0.5, 0.6) is 0 Å². The van der Waals surface area contributed by atoms with Crippen molar-refractivity contribution < 1.29 is 0 Å². The van der Waals surface area contributed by atoms with Crippen LogP contribution in [0.1, 0.15) is 52.4 Å². The summed E-state index contributed by atoms with van der Waals surface area (Å²) < 4.78 is 0. The van der Waals surface area contributed by atoms with Crippen LogP contribution in [0, 0.1) is 0 Å². The molecule has 0 amide bonds. The van der Waals surface area contributed by atoms with Gasteiger partial charge in [0.2, 0.25) is 0 Å². The fourth-order valence-electron chi connectivity index (χ4n) is 1.70. The van der Waals surface area contributed by atoms with Gasteiger partial charge in [-0.15, -0.1) is 6.58 Å². The van der Waals surface area contributed by atoms with Gasteiger partial charge in [-0.3, -0.25) is 0 Å². The minimum absolute atomic E-state index is 0.0976. The van der Waals surface area contributed by atoms with Gasteiger partial charge >= 0.3 is 0 Å². The molecule has 0 aliphatic heterocycles. The Hall–Kier alpha value is -0.340. The number of nitrogens with two attached hydrogens (primary N) is 1. The molecule has 0 rings (SSSR count). The van der Waals surface area contributed by atoms with Gasteiger partial charge in [-0.2, -0.15) is 0 Å². The van der Waals surface area contributed by atoms with Crippen LogP contribution in [-0.2, 0) is 0 Å². The first-order chi connectivity index (χ1) is 7.18. The molecule has 0 aliphatic rings. The summed E-state index contributed by atoms with van der Waals surface area (Å²) >= 11 is 0. The van der Waals surface area contributed by atoms with Crippen molar-refractivity contribution in [1.82, 2.24) is 5.32 Å². The van der Waals surface area contributed by atoms with Crippen molar-refractivity contribution in [1.29, 1.82) is 0 Å². The first kappa shape index (κ1) is 14.7. The third kappa shape index (κ3) is 7.57. The summed E-state index contributed by atoms with van der Waals surface area (Å²) in [6.07, 6.45) is 9.70. The smallest absolute Gasteiger partial charge is 0.0278 e. The maximum atomic E-state index is 5.79. The quantitative estimate of drug-likeness (QED) is 0.432. The summed E-state index contributed by atoms with van der Waals surface area (Å²) in [6.45, 7) is 9.72. The van der Waals surface area contributed by atoms with Gasteiger partial charge in [-0.05, 0) is 13.3 Å². The molecule has 0 aromatic rings. The van der Waals surface area contributed by atoms with Gasteiger partial charge in [-0.25, -0.2) is 0 Å². The van der Waals surface area contributed by atoms with Crippen LogP contribution in [0.25, 0.3) is 0 Å². The minimum atomic E-state index is 0.0976. The fraction of sp³-hybridized carbons (Fsp3) is 0.846. The van der Waals surface area contributed by atoms with Crippen molar-refractivity contribution in [2.45, 2.75) is 57.9 Å². The van der Waals surface area contributed by atoms with E-state index < -0.39 is 0 Å². The molecule has 3 N–H and O–H groups in total. The molecule has 0 aliphatic carbocycles. The Labute approximate surface area is 95.3 Å². The molecule has 2 nitrogen and oxygen atoms in total. The molecule has 15 heavy (non-hydrogen) atoms. The number of hydrogen-bond acceptors (Lipinski definition) is 2. The molecule has 1 atom stereocenters. The van der Waals surface area contributed by atoms with Crippen LogP contribution >= 0.6 is 0 Å². The zero-order chi connectivity index (χ0) is 11.6. The van der Waals surface area contributed by atoms with Gasteiger partial charge in [0.25, 0.3) is 0 Å². The summed E-state index contributed by atoms with van der Waals surface area (Å²) in [5, 5.41) is 3.44. The standard InChI is InChI=1S/C13H28N2/c1-4-6-7-8-9-10-13(3,12-14)15-11-5-2/h5,15H,2,4,6-12,14H2,1,3H3. The first-order valence-corrected chi connectivity index (χ1v) is 6.24. The summed E-state index contributed by atoms with van der Waals surface area (Å²) in [4.78, 5) is 0. The molecule has 0 heterocycles. The van der Waals surface area contributed by atoms with Crippen molar-refractivity contribution >= 4 is 0 Å². The predicted molar refractivity (Wildman–Crippen MR) is 69.0 cm³/mol. The topological polar surface area (TPSA) is 38.0 Å². The Balaban J connectivity index is 3.62. The first-order valence-electron chi connectivity index (χ1n) is 6.24. The molecule has 1 unspecified atom stereocenters. The van der Waals surface area contributed by atoms with E-state index in [9.17, 15) is 0 Å². The van der Waals surface area contributed by atoms with Gasteiger partial charge in [0.1, 0.15) is 0 Å². The van der Waals surface area contributed by atoms with E-state index in [-0.39, 0.29) is 5.54 Å². The summed E-state index contributed by atoms with van der Waals surface area (Å²) in [5.74, 6) is 0. The van der Waals surface area contributed by atoms with E-state index in [4.69, 9.17) is 5.73 Å². The Morgan fingerprint density at radius 2 is 1.93 bits per heavy atom. The average molecular weight is 212 g/mol. The molecule has 90 valence electrons. The van der Waals surface area contributed by atoms with E-state index in [1.165, 1.54) is 38.5 Å². The van der Waals surface area contributed by atoms with Crippen molar-refractivity contribution in [3.63, 3.8) is 0 Å². The SMILES string of the molecule is C=CCNC(C)(CN)CCCCCCC. The van der Waals surface area contributed by atoms with Crippen molar-refractivity contribution in [3.8, 4) is 0 Å². The lowest BCUT2D eigenvalue weighted by atomic mass is 9.94. The maximum Gasteiger partial charge on any atom is 0.0278 e. The zero-order valence-corrected chi connectivity index (χ0v) is 10.5. The second-order valence-electron chi connectivity index (χ2n) is 4.60. The van der Waals surface area contributed by atoms with Gasteiger partial charge in [0, 0.05) is 18.6 Å². The second-order valence-corrected chi connectivity index (χ2v) is 4.60. The summed E-state index contributed by atoms with van der Waals surface area (Å²) in [5.41, 5.74) is 5.89. The molecule has 0 saturated heterocycles. The molecule has 0 radical (unpaired) electrons. The van der Waals surface area contributed by atoms with Crippen molar-refractivity contribution in [2.75, 3.05) is 13.1 Å². The van der Waals surface area contributed by atoms with Gasteiger partial charge in [-0.1, -0.05) is 45.1 Å². The predicted octanol–water partition coefficient (Wildman–Crippen LogP) is 2.84. The second kappa shape index (κ2) is 8.93. The van der Waals surface area contributed by atoms with Gasteiger partial charge in [0.15, 0.2) is 0 Å². The van der Waals surface area contributed by atoms with Gasteiger partial charge in [0.05, 0.1) is 0 Å². The van der Waals surface area contributed by atoms with E-state index >= 15 is 0 Å². The molecule has 0 fully saturated rings. The molecular formula is C13H28N2. The highest BCUT2D eigenvalue weighted by Crippen LogP contribution is 2.14. The largest absolute Gasteiger partial charge is 0.329 e. The lowest BCUT2D eigenvalue weighted by molar-refractivity contribution is 0.339. The Kier molecular flexibility index (Phi) is 8.73. The zero-order valence-electron chi connectivity index (χ0n) is 10.5. The number of unbranched alkanes of at least 4 members (excludes halogenated alkanes) is 4. The Morgan fingerprint density at radius 3 is 2.47 bits per heavy atom. The normalized spacial score (nSPS) is 14.9. The van der Waals surface area contributed by atoms with E-state index in [0.717, 1.165) is 6.54 Å². The highest BCUT2D eigenvalue weighted by atomic mass is 15.0. The van der Waals surface area contributed by atoms with Crippen LogP contribution in [0.3, 0.4) is 0 Å². The molecule has 0 aromatic heterocycles. The average Bonchev–Trinajstić information content (AvgIpc) is 2.26. The molecular weight excluding hydrogens is 184 g/mol.